The Labute approximate surface area is 144 Å². The molecule has 1 heterocycles. The van der Waals surface area contributed by atoms with Crippen molar-refractivity contribution in [2.75, 3.05) is 13.8 Å². The molecule has 0 saturated carbocycles. The fraction of sp³-hybridized carbons (Fsp3) is 0.118. The number of benzene rings is 3. The topological polar surface area (TPSA) is 108 Å². The highest BCUT2D eigenvalue weighted by molar-refractivity contribution is 6.21. The molecule has 4 rings (SSSR count). The SMILES string of the molecule is [2H][13C]([2H])([2H])Oc1cccc2c1cc([N+](=O)[O-])c1c(C(=O)O)cc3c(c12)OCO3. The number of fused-ring (bicyclic) bond motifs is 5. The molecule has 0 fully saturated rings. The highest BCUT2D eigenvalue weighted by Gasteiger charge is 2.30. The van der Waals surface area contributed by atoms with Crippen LogP contribution in [0.4, 0.5) is 5.69 Å². The first-order chi connectivity index (χ1) is 13.2. The molecule has 126 valence electrons. The van der Waals surface area contributed by atoms with Crippen molar-refractivity contribution < 1.29 is 33.1 Å². The summed E-state index contributed by atoms with van der Waals surface area (Å²) in [6.07, 6.45) is 0. The van der Waals surface area contributed by atoms with Crippen LogP contribution < -0.4 is 14.2 Å². The van der Waals surface area contributed by atoms with Gasteiger partial charge < -0.3 is 19.3 Å². The molecule has 0 aromatic heterocycles. The number of nitro groups is 1. The maximum Gasteiger partial charge on any atom is 0.336 e. The first kappa shape index (κ1) is 11.9. The van der Waals surface area contributed by atoms with Crippen LogP contribution in [0, 0.1) is 10.1 Å². The molecule has 0 unspecified atom stereocenters. The second-order valence-corrected chi connectivity index (χ2v) is 5.32. The fourth-order valence-corrected chi connectivity index (χ4v) is 3.09. The average Bonchev–Trinajstić information content (AvgIpc) is 3.07. The number of non-ortho nitro benzene ring substituents is 1. The number of hydrogen-bond acceptors (Lipinski definition) is 6. The predicted octanol–water partition coefficient (Wildman–Crippen LogP) is 3.34. The molecule has 0 radical (unpaired) electrons. The van der Waals surface area contributed by atoms with Crippen LogP contribution in [0.2, 0.25) is 0 Å². The molecule has 3 aromatic rings. The van der Waals surface area contributed by atoms with E-state index in [0.717, 1.165) is 6.07 Å². The van der Waals surface area contributed by atoms with Gasteiger partial charge in [0.25, 0.3) is 5.69 Å². The van der Waals surface area contributed by atoms with Crippen LogP contribution in [0.15, 0.2) is 30.3 Å². The summed E-state index contributed by atoms with van der Waals surface area (Å²) in [5, 5.41) is 21.8. The standard InChI is InChI=1S/C17H11NO7/c1-23-12-4-2-3-8-9(12)5-11(18(21)22)14-10(17(19)20)6-13-16(15(8)14)25-7-24-13/h2-6H,7H2,1H3,(H,19,20)/i1+1D3. The van der Waals surface area contributed by atoms with Crippen molar-refractivity contribution in [3.8, 4) is 17.2 Å². The molecule has 1 N–H and O–H groups in total. The number of ether oxygens (including phenoxy) is 3. The Morgan fingerprint density at radius 2 is 2.16 bits per heavy atom. The molecular weight excluding hydrogens is 331 g/mol. The van der Waals surface area contributed by atoms with E-state index in [4.69, 9.17) is 18.3 Å². The Hall–Kier alpha value is -3.55. The smallest absolute Gasteiger partial charge is 0.336 e. The molecule has 0 aliphatic carbocycles. The van der Waals surface area contributed by atoms with Crippen molar-refractivity contribution >= 4 is 33.2 Å². The number of methoxy groups -OCH3 is 1. The van der Waals surface area contributed by atoms with Crippen LogP contribution in [0.25, 0.3) is 21.5 Å². The Bertz CT molecular complexity index is 1170. The second-order valence-electron chi connectivity index (χ2n) is 5.32. The van der Waals surface area contributed by atoms with Gasteiger partial charge in [0.2, 0.25) is 6.79 Å². The molecule has 0 bridgehead atoms. The number of nitrogens with zero attached hydrogens (tertiary/aromatic N) is 1. The Morgan fingerprint density at radius 3 is 2.88 bits per heavy atom. The van der Waals surface area contributed by atoms with Crippen molar-refractivity contribution in [2.45, 2.75) is 0 Å². The van der Waals surface area contributed by atoms with Crippen LogP contribution in [0.5, 0.6) is 17.2 Å². The molecule has 0 spiro atoms. The predicted molar refractivity (Wildman–Crippen MR) is 87.7 cm³/mol. The van der Waals surface area contributed by atoms with Gasteiger partial charge in [-0.3, -0.25) is 10.1 Å². The molecule has 1 aliphatic heterocycles. The normalized spacial score (nSPS) is 14.8. The van der Waals surface area contributed by atoms with Gasteiger partial charge in [0.05, 0.1) is 27.0 Å². The van der Waals surface area contributed by atoms with Crippen LogP contribution in [0.1, 0.15) is 14.5 Å². The van der Waals surface area contributed by atoms with Gasteiger partial charge in [-0.15, -0.1) is 0 Å². The van der Waals surface area contributed by atoms with Gasteiger partial charge in [-0.2, -0.15) is 0 Å². The van der Waals surface area contributed by atoms with Crippen molar-refractivity contribution in [2.24, 2.45) is 0 Å². The van der Waals surface area contributed by atoms with Crippen molar-refractivity contribution in [1.82, 2.24) is 0 Å². The van der Waals surface area contributed by atoms with Crippen LogP contribution >= 0.6 is 0 Å². The minimum Gasteiger partial charge on any atom is -0.496 e. The first-order valence-electron chi connectivity index (χ1n) is 8.56. The number of hydrogen-bond donors (Lipinski definition) is 1. The Kier molecular flexibility index (Phi) is 2.49. The van der Waals surface area contributed by atoms with Crippen molar-refractivity contribution in [3.63, 3.8) is 0 Å². The molecule has 8 nitrogen and oxygen atoms in total. The molecular formula is C17H11NO7. The highest BCUT2D eigenvalue weighted by Crippen LogP contribution is 2.48. The first-order valence-corrected chi connectivity index (χ1v) is 7.06. The van der Waals surface area contributed by atoms with E-state index in [1.807, 2.05) is 0 Å². The molecule has 25 heavy (non-hydrogen) atoms. The number of carboxylic acid groups (broad SMARTS) is 1. The highest BCUT2D eigenvalue weighted by atomic mass is 16.7. The molecule has 1 aliphatic rings. The molecule has 3 aromatic carbocycles. The molecule has 0 amide bonds. The number of nitro benzene ring substituents is 1. The quantitative estimate of drug-likeness (QED) is 0.336. The van der Waals surface area contributed by atoms with E-state index >= 15 is 0 Å². The van der Waals surface area contributed by atoms with Crippen LogP contribution in [-0.2, 0) is 0 Å². The summed E-state index contributed by atoms with van der Waals surface area (Å²) in [6.45, 7) is -0.177. The maximum absolute atomic E-state index is 11.8. The zero-order valence-corrected chi connectivity index (χ0v) is 12.4. The summed E-state index contributed by atoms with van der Waals surface area (Å²) in [7, 11) is -2.78. The van der Waals surface area contributed by atoms with E-state index in [1.165, 1.54) is 18.2 Å². The summed E-state index contributed by atoms with van der Waals surface area (Å²) in [6, 6.07) is 6.72. The molecule has 0 atom stereocenters. The van der Waals surface area contributed by atoms with E-state index in [1.54, 1.807) is 6.07 Å². The van der Waals surface area contributed by atoms with E-state index in [-0.39, 0.29) is 45.8 Å². The second kappa shape index (κ2) is 5.23. The zero-order chi connectivity index (χ0) is 20.2. The van der Waals surface area contributed by atoms with Crippen LogP contribution in [-0.4, -0.2) is 29.8 Å². The van der Waals surface area contributed by atoms with Gasteiger partial charge in [-0.25, -0.2) is 4.79 Å². The fourth-order valence-electron chi connectivity index (χ4n) is 3.09. The number of aromatic carboxylic acids is 1. The third kappa shape index (κ3) is 2.04. The third-order valence-corrected chi connectivity index (χ3v) is 4.07. The van der Waals surface area contributed by atoms with Gasteiger partial charge in [0, 0.05) is 16.8 Å². The van der Waals surface area contributed by atoms with E-state index < -0.39 is 23.6 Å². The minimum absolute atomic E-state index is 0.101. The van der Waals surface area contributed by atoms with Crippen molar-refractivity contribution in [1.29, 1.82) is 0 Å². The summed E-state index contributed by atoms with van der Waals surface area (Å²) in [4.78, 5) is 22.7. The molecule has 0 saturated heterocycles. The van der Waals surface area contributed by atoms with E-state index in [0.29, 0.717) is 5.39 Å². The summed E-state index contributed by atoms with van der Waals surface area (Å²) >= 11 is 0. The van der Waals surface area contributed by atoms with Gasteiger partial charge in [0.15, 0.2) is 11.5 Å². The van der Waals surface area contributed by atoms with Crippen molar-refractivity contribution in [3.05, 3.63) is 46.0 Å². The van der Waals surface area contributed by atoms with Gasteiger partial charge in [0.1, 0.15) is 5.75 Å². The Balaban J connectivity index is 2.23. The maximum atomic E-state index is 11.8. The number of carbonyl (C=O) groups is 1. The third-order valence-electron chi connectivity index (χ3n) is 4.07. The van der Waals surface area contributed by atoms with Gasteiger partial charge in [-0.1, -0.05) is 12.1 Å². The largest absolute Gasteiger partial charge is 0.496 e. The zero-order valence-electron chi connectivity index (χ0n) is 15.4. The van der Waals surface area contributed by atoms with Crippen LogP contribution in [0.3, 0.4) is 0 Å². The average molecular weight is 345 g/mol. The lowest BCUT2D eigenvalue weighted by Crippen LogP contribution is -2.02. The van der Waals surface area contributed by atoms with E-state index in [9.17, 15) is 20.0 Å². The number of carboxylic acids is 1. The summed E-state index contributed by atoms with van der Waals surface area (Å²) < 4.78 is 37.6. The van der Waals surface area contributed by atoms with Gasteiger partial charge in [-0.05, 0) is 17.5 Å². The monoisotopic (exact) mass is 345 g/mol. The lowest BCUT2D eigenvalue weighted by molar-refractivity contribution is -0.383. The molecule has 8 heteroatoms. The van der Waals surface area contributed by atoms with E-state index in [2.05, 4.69) is 0 Å². The summed E-state index contributed by atoms with van der Waals surface area (Å²) in [5.74, 6) is -1.19. The summed E-state index contributed by atoms with van der Waals surface area (Å²) in [5.41, 5.74) is -0.838. The lowest BCUT2D eigenvalue weighted by Gasteiger charge is -2.12. The minimum atomic E-state index is -2.78. The Morgan fingerprint density at radius 1 is 1.32 bits per heavy atom. The number of rotatable bonds is 3. The lowest BCUT2D eigenvalue weighted by atomic mass is 9.95. The van der Waals surface area contributed by atoms with Gasteiger partial charge >= 0.3 is 5.97 Å².